The van der Waals surface area contributed by atoms with E-state index >= 15 is 0 Å². The van der Waals surface area contributed by atoms with Crippen molar-refractivity contribution >= 4 is 39.1 Å². The number of Topliss-reactive ketones (excluding diaryl/α,β-unsaturated/α-hetero) is 1. The number of aromatic amines is 2. The molecule has 0 fully saturated rings. The standard InChI is InChI=1S/C28H24N6OS/c1-16(35)25-6-7-26(36-25)20-8-9-30-28-21(20)12-24(31-28)27-22-11-18(4-5-23(22)32-33-27)19-10-17(13-29-14-19)15-34(2)3/h4-14H,15H2,1-3H3,(H,30,31)(H,32,33). The van der Waals surface area contributed by atoms with Crippen molar-refractivity contribution in [1.29, 1.82) is 0 Å². The van der Waals surface area contributed by atoms with E-state index in [9.17, 15) is 4.79 Å². The molecule has 2 N–H and O–H groups in total. The topological polar surface area (TPSA) is 90.6 Å². The quantitative estimate of drug-likeness (QED) is 0.272. The number of pyridine rings is 2. The van der Waals surface area contributed by atoms with Gasteiger partial charge in [0.25, 0.3) is 0 Å². The number of nitrogens with zero attached hydrogens (tertiary/aromatic N) is 4. The number of thiophene rings is 1. The number of nitrogens with one attached hydrogen (secondary N) is 2. The highest BCUT2D eigenvalue weighted by Gasteiger charge is 2.16. The van der Waals surface area contributed by atoms with Crippen LogP contribution in [0.4, 0.5) is 0 Å². The highest BCUT2D eigenvalue weighted by molar-refractivity contribution is 7.17. The van der Waals surface area contributed by atoms with Gasteiger partial charge in [-0.05, 0) is 74.6 Å². The number of fused-ring (bicyclic) bond motifs is 2. The zero-order valence-corrected chi connectivity index (χ0v) is 21.0. The summed E-state index contributed by atoms with van der Waals surface area (Å²) in [6, 6.07) is 16.4. The molecule has 36 heavy (non-hydrogen) atoms. The summed E-state index contributed by atoms with van der Waals surface area (Å²) >= 11 is 1.50. The van der Waals surface area contributed by atoms with E-state index in [1.54, 1.807) is 13.1 Å². The normalized spacial score (nSPS) is 11.7. The van der Waals surface area contributed by atoms with Gasteiger partial charge in [-0.1, -0.05) is 6.07 Å². The van der Waals surface area contributed by atoms with Crippen LogP contribution in [0.15, 0.2) is 67.1 Å². The molecule has 8 heteroatoms. The van der Waals surface area contributed by atoms with Gasteiger partial charge >= 0.3 is 0 Å². The van der Waals surface area contributed by atoms with E-state index < -0.39 is 0 Å². The number of H-pyrrole nitrogens is 2. The molecule has 0 bridgehead atoms. The zero-order valence-electron chi connectivity index (χ0n) is 20.2. The van der Waals surface area contributed by atoms with Gasteiger partial charge in [0, 0.05) is 51.9 Å². The van der Waals surface area contributed by atoms with Crippen LogP contribution >= 0.6 is 11.3 Å². The summed E-state index contributed by atoms with van der Waals surface area (Å²) in [5.74, 6) is 0.0764. The maximum Gasteiger partial charge on any atom is 0.169 e. The lowest BCUT2D eigenvalue weighted by Crippen LogP contribution is -2.10. The van der Waals surface area contributed by atoms with E-state index in [4.69, 9.17) is 0 Å². The first-order valence-electron chi connectivity index (χ1n) is 11.6. The molecule has 6 aromatic rings. The molecule has 0 spiro atoms. The van der Waals surface area contributed by atoms with Crippen LogP contribution in [0.3, 0.4) is 0 Å². The Kier molecular flexibility index (Phi) is 5.47. The van der Waals surface area contributed by atoms with Crippen molar-refractivity contribution in [3.05, 3.63) is 77.6 Å². The average molecular weight is 493 g/mol. The molecule has 5 heterocycles. The van der Waals surface area contributed by atoms with Gasteiger partial charge < -0.3 is 9.88 Å². The Morgan fingerprint density at radius 2 is 1.89 bits per heavy atom. The fourth-order valence-electron chi connectivity index (χ4n) is 4.54. The van der Waals surface area contributed by atoms with Gasteiger partial charge in [0.2, 0.25) is 0 Å². The number of hydrogen-bond donors (Lipinski definition) is 2. The fraction of sp³-hybridized carbons (Fsp3) is 0.143. The number of aromatic nitrogens is 5. The van der Waals surface area contributed by atoms with Crippen LogP contribution in [0.2, 0.25) is 0 Å². The van der Waals surface area contributed by atoms with Crippen LogP contribution in [0.1, 0.15) is 22.2 Å². The van der Waals surface area contributed by atoms with Gasteiger partial charge in [-0.25, -0.2) is 4.98 Å². The zero-order chi connectivity index (χ0) is 24.8. The first kappa shape index (κ1) is 22.3. The largest absolute Gasteiger partial charge is 0.338 e. The van der Waals surface area contributed by atoms with Gasteiger partial charge in [0.15, 0.2) is 5.78 Å². The summed E-state index contributed by atoms with van der Waals surface area (Å²) in [6.45, 7) is 2.43. The average Bonchev–Trinajstić information content (AvgIpc) is 3.60. The highest BCUT2D eigenvalue weighted by Crippen LogP contribution is 2.37. The lowest BCUT2D eigenvalue weighted by atomic mass is 10.0. The second-order valence-electron chi connectivity index (χ2n) is 9.18. The highest BCUT2D eigenvalue weighted by atomic mass is 32.1. The van der Waals surface area contributed by atoms with Crippen LogP contribution in [0, 0.1) is 0 Å². The van der Waals surface area contributed by atoms with E-state index in [1.165, 1.54) is 16.9 Å². The van der Waals surface area contributed by atoms with Crippen molar-refractivity contribution in [2.75, 3.05) is 14.1 Å². The number of carbonyl (C=O) groups excluding carboxylic acids is 1. The molecule has 0 aliphatic carbocycles. The number of benzene rings is 1. The Morgan fingerprint density at radius 1 is 1.00 bits per heavy atom. The summed E-state index contributed by atoms with van der Waals surface area (Å²) < 4.78 is 0. The van der Waals surface area contributed by atoms with Crippen molar-refractivity contribution in [2.45, 2.75) is 13.5 Å². The van der Waals surface area contributed by atoms with Crippen LogP contribution in [-0.2, 0) is 6.54 Å². The summed E-state index contributed by atoms with van der Waals surface area (Å²) in [5, 5.41) is 9.81. The third-order valence-corrected chi connectivity index (χ3v) is 7.41. The van der Waals surface area contributed by atoms with Crippen LogP contribution < -0.4 is 0 Å². The monoisotopic (exact) mass is 492 g/mol. The predicted molar refractivity (Wildman–Crippen MR) is 145 cm³/mol. The molecule has 0 unspecified atom stereocenters. The molecule has 178 valence electrons. The van der Waals surface area contributed by atoms with Crippen molar-refractivity contribution in [2.24, 2.45) is 0 Å². The van der Waals surface area contributed by atoms with Crippen molar-refractivity contribution in [3.63, 3.8) is 0 Å². The third kappa shape index (κ3) is 4.00. The summed E-state index contributed by atoms with van der Waals surface area (Å²) in [7, 11) is 4.11. The SMILES string of the molecule is CC(=O)c1ccc(-c2ccnc3[nH]c(-c4n[nH]c5ccc(-c6cncc(CN(C)C)c6)cc45)cc23)s1. The molecule has 6 rings (SSSR count). The Bertz CT molecular complexity index is 1740. The van der Waals surface area contributed by atoms with Crippen LogP contribution in [-0.4, -0.2) is 49.9 Å². The lowest BCUT2D eigenvalue weighted by Gasteiger charge is -2.10. The number of hydrogen-bond acceptors (Lipinski definition) is 6. The van der Waals surface area contributed by atoms with Crippen LogP contribution in [0.5, 0.6) is 0 Å². The fourth-order valence-corrected chi connectivity index (χ4v) is 5.48. The number of carbonyl (C=O) groups is 1. The first-order chi connectivity index (χ1) is 17.5. The number of ketones is 1. The number of rotatable bonds is 6. The molecule has 0 saturated carbocycles. The smallest absolute Gasteiger partial charge is 0.169 e. The molecule has 0 amide bonds. The molecule has 5 aromatic heterocycles. The molecule has 0 saturated heterocycles. The summed E-state index contributed by atoms with van der Waals surface area (Å²) in [6.07, 6.45) is 5.60. The Balaban J connectivity index is 1.43. The van der Waals surface area contributed by atoms with E-state index in [0.29, 0.717) is 0 Å². The minimum absolute atomic E-state index is 0.0764. The van der Waals surface area contributed by atoms with Gasteiger partial charge in [-0.2, -0.15) is 5.10 Å². The maximum atomic E-state index is 11.8. The Labute approximate surface area is 211 Å². The van der Waals surface area contributed by atoms with Crippen molar-refractivity contribution in [1.82, 2.24) is 30.0 Å². The van der Waals surface area contributed by atoms with Crippen molar-refractivity contribution in [3.8, 4) is 33.0 Å². The minimum Gasteiger partial charge on any atom is -0.338 e. The third-order valence-electron chi connectivity index (χ3n) is 6.20. The molecule has 0 atom stereocenters. The summed E-state index contributed by atoms with van der Waals surface area (Å²) in [5.41, 5.74) is 7.84. The van der Waals surface area contributed by atoms with E-state index in [0.717, 1.165) is 66.3 Å². The predicted octanol–water partition coefficient (Wildman–Crippen LogP) is 6.16. The van der Waals surface area contributed by atoms with E-state index in [1.807, 2.05) is 30.6 Å². The molecular weight excluding hydrogens is 468 g/mol. The van der Waals surface area contributed by atoms with Gasteiger partial charge in [0.05, 0.1) is 16.1 Å². The van der Waals surface area contributed by atoms with Gasteiger partial charge in [0.1, 0.15) is 11.3 Å². The first-order valence-corrected chi connectivity index (χ1v) is 12.4. The van der Waals surface area contributed by atoms with Crippen LogP contribution in [0.25, 0.3) is 54.9 Å². The molecule has 0 aliphatic rings. The second kappa shape index (κ2) is 8.82. The molecule has 7 nitrogen and oxygen atoms in total. The van der Waals surface area contributed by atoms with E-state index in [2.05, 4.69) is 74.5 Å². The molecule has 0 radical (unpaired) electrons. The molecular formula is C28H24N6OS. The maximum absolute atomic E-state index is 11.8. The molecule has 1 aromatic carbocycles. The van der Waals surface area contributed by atoms with E-state index in [-0.39, 0.29) is 5.78 Å². The van der Waals surface area contributed by atoms with Gasteiger partial charge in [-0.3, -0.25) is 14.9 Å². The van der Waals surface area contributed by atoms with Gasteiger partial charge in [-0.15, -0.1) is 11.3 Å². The minimum atomic E-state index is 0.0764. The second-order valence-corrected chi connectivity index (χ2v) is 10.3. The Morgan fingerprint density at radius 3 is 2.69 bits per heavy atom. The molecule has 0 aliphatic heterocycles. The Hall–Kier alpha value is -4.14. The lowest BCUT2D eigenvalue weighted by molar-refractivity contribution is 0.102. The summed E-state index contributed by atoms with van der Waals surface area (Å²) in [4.78, 5) is 28.2. The van der Waals surface area contributed by atoms with Crippen molar-refractivity contribution < 1.29 is 4.79 Å².